The first-order chi connectivity index (χ1) is 10.2. The van der Waals surface area contributed by atoms with E-state index in [2.05, 4.69) is 15.2 Å². The second kappa shape index (κ2) is 4.31. The van der Waals surface area contributed by atoms with E-state index in [1.807, 2.05) is 49.4 Å². The Morgan fingerprint density at radius 3 is 2.90 bits per heavy atom. The average Bonchev–Trinajstić information content (AvgIpc) is 3.08. The van der Waals surface area contributed by atoms with Gasteiger partial charge < -0.3 is 10.1 Å². The molecule has 2 heterocycles. The Kier molecular flexibility index (Phi) is 2.44. The SMILES string of the molecule is C/C(c1c(O)[nH]c2ccccc12)=c1\ccc2c(c1)N=NC=2. The Morgan fingerprint density at radius 1 is 1.14 bits per heavy atom. The van der Waals surface area contributed by atoms with Crippen molar-refractivity contribution >= 4 is 28.4 Å². The summed E-state index contributed by atoms with van der Waals surface area (Å²) in [5.41, 5.74) is 3.64. The lowest BCUT2D eigenvalue weighted by Crippen LogP contribution is -2.09. The van der Waals surface area contributed by atoms with E-state index in [9.17, 15) is 5.11 Å². The Labute approximate surface area is 120 Å². The van der Waals surface area contributed by atoms with Crippen molar-refractivity contribution in [2.45, 2.75) is 6.92 Å². The minimum atomic E-state index is 0.197. The molecule has 0 saturated heterocycles. The number of benzene rings is 2. The molecule has 1 aliphatic heterocycles. The van der Waals surface area contributed by atoms with Crippen LogP contribution in [0.2, 0.25) is 0 Å². The fraction of sp³-hybridized carbons (Fsp3) is 0.0588. The molecule has 2 N–H and O–H groups in total. The molecule has 21 heavy (non-hydrogen) atoms. The van der Waals surface area contributed by atoms with Gasteiger partial charge in [0, 0.05) is 21.7 Å². The number of nitrogens with zero attached hydrogens (tertiary/aromatic N) is 2. The van der Waals surface area contributed by atoms with E-state index in [1.54, 1.807) is 6.20 Å². The molecule has 0 unspecified atom stereocenters. The molecule has 0 fully saturated rings. The number of rotatable bonds is 1. The summed E-state index contributed by atoms with van der Waals surface area (Å²) in [6.07, 6.45) is 1.75. The molecular weight excluding hydrogens is 262 g/mol. The molecule has 0 bridgehead atoms. The summed E-state index contributed by atoms with van der Waals surface area (Å²) in [5, 5.41) is 21.3. The van der Waals surface area contributed by atoms with Gasteiger partial charge in [-0.2, -0.15) is 10.2 Å². The van der Waals surface area contributed by atoms with Gasteiger partial charge in [0.2, 0.25) is 0 Å². The highest BCUT2D eigenvalue weighted by atomic mass is 16.3. The van der Waals surface area contributed by atoms with Gasteiger partial charge >= 0.3 is 0 Å². The predicted molar refractivity (Wildman–Crippen MR) is 82.8 cm³/mol. The van der Waals surface area contributed by atoms with E-state index in [0.29, 0.717) is 0 Å². The van der Waals surface area contributed by atoms with Gasteiger partial charge in [0.1, 0.15) is 0 Å². The first-order valence-corrected chi connectivity index (χ1v) is 6.76. The van der Waals surface area contributed by atoms with Crippen molar-refractivity contribution in [2.24, 2.45) is 10.2 Å². The number of para-hydroxylation sites is 1. The molecular formula is C17H13N3O. The third-order valence-electron chi connectivity index (χ3n) is 3.89. The highest BCUT2D eigenvalue weighted by Gasteiger charge is 2.12. The summed E-state index contributed by atoms with van der Waals surface area (Å²) in [4.78, 5) is 3.02. The van der Waals surface area contributed by atoms with Gasteiger partial charge in [-0.3, -0.25) is 0 Å². The van der Waals surface area contributed by atoms with Gasteiger partial charge in [-0.05, 0) is 29.8 Å². The van der Waals surface area contributed by atoms with Crippen LogP contribution in [0, 0.1) is 0 Å². The van der Waals surface area contributed by atoms with Crippen LogP contribution in [0.15, 0.2) is 52.7 Å². The van der Waals surface area contributed by atoms with Gasteiger partial charge in [-0.1, -0.05) is 30.3 Å². The van der Waals surface area contributed by atoms with Gasteiger partial charge in [-0.15, -0.1) is 0 Å². The first kappa shape index (κ1) is 11.9. The lowest BCUT2D eigenvalue weighted by molar-refractivity contribution is 0.457. The number of hydrogen-bond donors (Lipinski definition) is 2. The summed E-state index contributed by atoms with van der Waals surface area (Å²) in [6.45, 7) is 2.01. The Balaban J connectivity index is 2.04. The third kappa shape index (κ3) is 1.76. The van der Waals surface area contributed by atoms with Crippen molar-refractivity contribution in [3.05, 3.63) is 58.5 Å². The second-order valence-corrected chi connectivity index (χ2v) is 5.14. The van der Waals surface area contributed by atoms with Crippen molar-refractivity contribution in [3.63, 3.8) is 0 Å². The summed E-state index contributed by atoms with van der Waals surface area (Å²) >= 11 is 0. The average molecular weight is 275 g/mol. The molecule has 0 amide bonds. The minimum absolute atomic E-state index is 0.197. The maximum absolute atomic E-state index is 10.2. The monoisotopic (exact) mass is 275 g/mol. The van der Waals surface area contributed by atoms with Crippen molar-refractivity contribution in [1.82, 2.24) is 4.98 Å². The standard InChI is InChI=1S/C17H13N3O/c1-10(11-6-7-12-9-18-20-15(12)8-11)16-13-4-2-3-5-14(13)19-17(16)21/h2-9,19,21H,1H3/b11-10-. The summed E-state index contributed by atoms with van der Waals surface area (Å²) < 4.78 is 0. The lowest BCUT2D eigenvalue weighted by Gasteiger charge is -2.02. The maximum atomic E-state index is 10.2. The van der Waals surface area contributed by atoms with Crippen molar-refractivity contribution in [1.29, 1.82) is 0 Å². The van der Waals surface area contributed by atoms with Crippen molar-refractivity contribution in [3.8, 4) is 5.88 Å². The summed E-state index contributed by atoms with van der Waals surface area (Å²) in [6, 6.07) is 13.9. The highest BCUT2D eigenvalue weighted by molar-refractivity contribution is 5.95. The zero-order valence-electron chi connectivity index (χ0n) is 11.5. The molecule has 2 aromatic carbocycles. The van der Waals surface area contributed by atoms with Gasteiger partial charge in [0.05, 0.1) is 11.9 Å². The zero-order chi connectivity index (χ0) is 14.4. The quantitative estimate of drug-likeness (QED) is 0.704. The third-order valence-corrected chi connectivity index (χ3v) is 3.89. The Bertz CT molecular complexity index is 1010. The van der Waals surface area contributed by atoms with Crippen LogP contribution in [0.3, 0.4) is 0 Å². The molecule has 0 radical (unpaired) electrons. The van der Waals surface area contributed by atoms with Crippen LogP contribution < -0.4 is 10.4 Å². The normalized spacial score (nSPS) is 14.1. The molecule has 0 atom stereocenters. The Morgan fingerprint density at radius 2 is 2.00 bits per heavy atom. The van der Waals surface area contributed by atoms with Gasteiger partial charge in [0.25, 0.3) is 0 Å². The van der Waals surface area contributed by atoms with Gasteiger partial charge in [0.15, 0.2) is 5.88 Å². The summed E-state index contributed by atoms with van der Waals surface area (Å²) in [7, 11) is 0. The van der Waals surface area contributed by atoms with E-state index in [-0.39, 0.29) is 5.88 Å². The molecule has 0 spiro atoms. The van der Waals surface area contributed by atoms with Crippen molar-refractivity contribution < 1.29 is 5.11 Å². The van der Waals surface area contributed by atoms with Gasteiger partial charge in [-0.25, -0.2) is 0 Å². The van der Waals surface area contributed by atoms with Crippen LogP contribution in [0.5, 0.6) is 5.88 Å². The van der Waals surface area contributed by atoms with E-state index in [1.165, 1.54) is 0 Å². The molecule has 0 aliphatic carbocycles. The van der Waals surface area contributed by atoms with Crippen LogP contribution in [-0.2, 0) is 0 Å². The zero-order valence-corrected chi connectivity index (χ0v) is 11.5. The number of hydrogen-bond acceptors (Lipinski definition) is 3. The van der Waals surface area contributed by atoms with Crippen molar-refractivity contribution in [2.75, 3.05) is 0 Å². The molecule has 1 aromatic heterocycles. The van der Waals surface area contributed by atoms with Crippen LogP contribution in [0.1, 0.15) is 12.5 Å². The van der Waals surface area contributed by atoms with Crippen LogP contribution in [-0.4, -0.2) is 10.1 Å². The fourth-order valence-electron chi connectivity index (χ4n) is 2.78. The predicted octanol–water partition coefficient (Wildman–Crippen LogP) is 2.93. The molecule has 3 aromatic rings. The summed E-state index contributed by atoms with van der Waals surface area (Å²) in [5.74, 6) is 0.197. The van der Waals surface area contributed by atoms with Crippen LogP contribution >= 0.6 is 0 Å². The molecule has 0 saturated carbocycles. The number of nitrogens with one attached hydrogen (secondary N) is 1. The number of H-pyrrole nitrogens is 1. The molecule has 4 heteroatoms. The molecule has 102 valence electrons. The smallest absolute Gasteiger partial charge is 0.197 e. The number of aromatic nitrogens is 1. The van der Waals surface area contributed by atoms with E-state index in [4.69, 9.17) is 0 Å². The van der Waals surface area contributed by atoms with Crippen LogP contribution in [0.25, 0.3) is 22.7 Å². The fourth-order valence-corrected chi connectivity index (χ4v) is 2.78. The number of azo groups is 1. The first-order valence-electron chi connectivity index (χ1n) is 6.76. The maximum Gasteiger partial charge on any atom is 0.197 e. The Hall–Kier alpha value is -2.88. The van der Waals surface area contributed by atoms with E-state index < -0.39 is 0 Å². The second-order valence-electron chi connectivity index (χ2n) is 5.14. The molecule has 4 nitrogen and oxygen atoms in total. The topological polar surface area (TPSA) is 60.7 Å². The number of fused-ring (bicyclic) bond motifs is 2. The van der Waals surface area contributed by atoms with E-state index >= 15 is 0 Å². The lowest BCUT2D eigenvalue weighted by atomic mass is 10.0. The number of aromatic hydroxyl groups is 1. The molecule has 4 rings (SSSR count). The molecule has 1 aliphatic rings. The number of aromatic amines is 1. The largest absolute Gasteiger partial charge is 0.494 e. The highest BCUT2D eigenvalue weighted by Crippen LogP contribution is 2.31. The minimum Gasteiger partial charge on any atom is -0.494 e. The van der Waals surface area contributed by atoms with Crippen LogP contribution in [0.4, 0.5) is 5.69 Å². The van der Waals surface area contributed by atoms with E-state index in [0.717, 1.165) is 38.2 Å².